The van der Waals surface area contributed by atoms with Gasteiger partial charge < -0.3 is 15.0 Å². The number of quaternary nitrogens is 1. The van der Waals surface area contributed by atoms with Gasteiger partial charge in [0.15, 0.2) is 6.04 Å². The number of benzene rings is 2. The molecule has 1 heterocycles. The quantitative estimate of drug-likeness (QED) is 0.790. The molecule has 1 aliphatic rings. The highest BCUT2D eigenvalue weighted by atomic mass is 35.5. The molecule has 1 unspecified atom stereocenters. The summed E-state index contributed by atoms with van der Waals surface area (Å²) in [6.45, 7) is 3.03. The monoisotopic (exact) mass is 388 g/mol. The minimum atomic E-state index is -0.308. The summed E-state index contributed by atoms with van der Waals surface area (Å²) in [5, 5.41) is 3.46. The number of ether oxygens (including phenoxy) is 1. The van der Waals surface area contributed by atoms with Crippen molar-refractivity contribution in [3.8, 4) is 5.75 Å². The minimum absolute atomic E-state index is 0.0364. The highest BCUT2D eigenvalue weighted by Crippen LogP contribution is 2.29. The van der Waals surface area contributed by atoms with Crippen molar-refractivity contribution in [2.45, 2.75) is 13.0 Å². The Kier molecular flexibility index (Phi) is 5.98. The molecule has 0 aliphatic carbocycles. The lowest BCUT2D eigenvalue weighted by Crippen LogP contribution is -3.14. The highest BCUT2D eigenvalue weighted by molar-refractivity contribution is 6.30. The van der Waals surface area contributed by atoms with Gasteiger partial charge in [0.05, 0.1) is 18.4 Å². The van der Waals surface area contributed by atoms with Gasteiger partial charge >= 0.3 is 0 Å². The van der Waals surface area contributed by atoms with Gasteiger partial charge in [0.1, 0.15) is 25.4 Å². The summed E-state index contributed by atoms with van der Waals surface area (Å²) in [5.41, 5.74) is 1.40. The van der Waals surface area contributed by atoms with E-state index in [4.69, 9.17) is 16.3 Å². The van der Waals surface area contributed by atoms with Crippen molar-refractivity contribution >= 4 is 34.8 Å². The first kappa shape index (κ1) is 19.2. The number of carbonyl (C=O) groups is 2. The van der Waals surface area contributed by atoms with E-state index < -0.39 is 0 Å². The van der Waals surface area contributed by atoms with Crippen molar-refractivity contribution in [2.24, 2.45) is 0 Å². The Bertz CT molecular complexity index is 825. The van der Waals surface area contributed by atoms with E-state index in [0.717, 1.165) is 16.3 Å². The predicted octanol–water partition coefficient (Wildman–Crippen LogP) is 1.61. The lowest BCUT2D eigenvalue weighted by molar-refractivity contribution is -0.894. The largest absolute Gasteiger partial charge is 0.488 e. The van der Waals surface area contributed by atoms with Crippen LogP contribution >= 0.6 is 11.6 Å². The van der Waals surface area contributed by atoms with Crippen LogP contribution in [0.5, 0.6) is 5.75 Å². The molecule has 0 fully saturated rings. The fourth-order valence-corrected chi connectivity index (χ4v) is 3.08. The Balaban J connectivity index is 1.59. The van der Waals surface area contributed by atoms with Crippen LogP contribution in [-0.2, 0) is 9.59 Å². The lowest BCUT2D eigenvalue weighted by Gasteiger charge is -2.32. The van der Waals surface area contributed by atoms with E-state index in [1.54, 1.807) is 23.1 Å². The molecule has 2 amide bonds. The van der Waals surface area contributed by atoms with Gasteiger partial charge in [0.2, 0.25) is 5.91 Å². The number of fused-ring (bicyclic) bond motifs is 1. The number of amides is 2. The molecule has 2 N–H and O–H groups in total. The summed E-state index contributed by atoms with van der Waals surface area (Å²) in [6, 6.07) is 14.2. The van der Waals surface area contributed by atoms with Crippen LogP contribution in [0.15, 0.2) is 48.5 Å². The zero-order valence-corrected chi connectivity index (χ0v) is 16.1. The SMILES string of the molecule is C[C@H](C(=O)N1CC(=O)Nc2ccccc21)[NH+](C)CCOc1ccc(Cl)cc1. The van der Waals surface area contributed by atoms with E-state index in [0.29, 0.717) is 23.9 Å². The minimum Gasteiger partial charge on any atom is -0.488 e. The lowest BCUT2D eigenvalue weighted by atomic mass is 10.1. The van der Waals surface area contributed by atoms with Gasteiger partial charge in [-0.2, -0.15) is 0 Å². The molecule has 0 bridgehead atoms. The number of hydrogen-bond donors (Lipinski definition) is 2. The molecule has 0 aromatic heterocycles. The molecular formula is C20H23ClN3O3+. The van der Waals surface area contributed by atoms with E-state index in [1.807, 2.05) is 44.3 Å². The van der Waals surface area contributed by atoms with Gasteiger partial charge in [-0.1, -0.05) is 23.7 Å². The highest BCUT2D eigenvalue weighted by Gasteiger charge is 2.33. The van der Waals surface area contributed by atoms with Crippen LogP contribution in [0, 0.1) is 0 Å². The molecule has 3 rings (SSSR count). The van der Waals surface area contributed by atoms with Gasteiger partial charge in [-0.15, -0.1) is 0 Å². The Morgan fingerprint density at radius 3 is 2.70 bits per heavy atom. The van der Waals surface area contributed by atoms with Crippen LogP contribution in [0.25, 0.3) is 0 Å². The number of para-hydroxylation sites is 2. The van der Waals surface area contributed by atoms with Gasteiger partial charge in [-0.3, -0.25) is 14.5 Å². The van der Waals surface area contributed by atoms with Crippen molar-refractivity contribution in [1.29, 1.82) is 0 Å². The molecule has 0 spiro atoms. The smallest absolute Gasteiger partial charge is 0.285 e. The number of halogens is 1. The maximum Gasteiger partial charge on any atom is 0.285 e. The second-order valence-electron chi connectivity index (χ2n) is 6.61. The topological polar surface area (TPSA) is 63.1 Å². The molecule has 0 radical (unpaired) electrons. The zero-order chi connectivity index (χ0) is 19.4. The maximum absolute atomic E-state index is 13.0. The fourth-order valence-electron chi connectivity index (χ4n) is 2.95. The summed E-state index contributed by atoms with van der Waals surface area (Å²) >= 11 is 5.86. The fraction of sp³-hybridized carbons (Fsp3) is 0.300. The van der Waals surface area contributed by atoms with E-state index in [-0.39, 0.29) is 24.4 Å². The summed E-state index contributed by atoms with van der Waals surface area (Å²) in [7, 11) is 1.95. The van der Waals surface area contributed by atoms with Gasteiger partial charge in [-0.05, 0) is 43.3 Å². The standard InChI is InChI=1S/C20H22ClN3O3/c1-14(23(2)11-12-27-16-9-7-15(21)8-10-16)20(26)24-13-19(25)22-17-5-3-4-6-18(17)24/h3-10,14H,11-13H2,1-2H3,(H,22,25)/p+1/t14-/m1/s1. The van der Waals surface area contributed by atoms with Crippen molar-refractivity contribution in [3.05, 3.63) is 53.6 Å². The molecule has 1 aliphatic heterocycles. The first-order valence-corrected chi connectivity index (χ1v) is 9.24. The van der Waals surface area contributed by atoms with Crippen LogP contribution in [0.4, 0.5) is 11.4 Å². The molecule has 2 aromatic carbocycles. The number of anilines is 2. The normalized spacial score (nSPS) is 15.5. The molecule has 7 heteroatoms. The van der Waals surface area contributed by atoms with Crippen LogP contribution in [0.2, 0.25) is 5.02 Å². The predicted molar refractivity (Wildman–Crippen MR) is 106 cm³/mol. The maximum atomic E-state index is 13.0. The van der Waals surface area contributed by atoms with Crippen molar-refractivity contribution in [1.82, 2.24) is 0 Å². The third-order valence-electron chi connectivity index (χ3n) is 4.73. The second kappa shape index (κ2) is 8.41. The number of carbonyl (C=O) groups excluding carboxylic acids is 2. The van der Waals surface area contributed by atoms with Crippen molar-refractivity contribution in [2.75, 3.05) is 37.0 Å². The molecule has 142 valence electrons. The summed E-state index contributed by atoms with van der Waals surface area (Å²) < 4.78 is 5.71. The van der Waals surface area contributed by atoms with Gasteiger partial charge in [0, 0.05) is 5.02 Å². The number of rotatable bonds is 6. The third-order valence-corrected chi connectivity index (χ3v) is 4.98. The number of nitrogens with one attached hydrogen (secondary N) is 2. The summed E-state index contributed by atoms with van der Waals surface area (Å²) in [4.78, 5) is 27.5. The number of likely N-dealkylation sites (N-methyl/N-ethyl adjacent to an activating group) is 1. The van der Waals surface area contributed by atoms with Crippen LogP contribution in [0.1, 0.15) is 6.92 Å². The molecule has 0 saturated heterocycles. The Labute approximate surface area is 163 Å². The van der Waals surface area contributed by atoms with Crippen LogP contribution in [-0.4, -0.2) is 44.6 Å². The molecule has 27 heavy (non-hydrogen) atoms. The number of nitrogens with zero attached hydrogens (tertiary/aromatic N) is 1. The molecule has 2 aromatic rings. The second-order valence-corrected chi connectivity index (χ2v) is 7.05. The molecule has 2 atom stereocenters. The van der Waals surface area contributed by atoms with Gasteiger partial charge in [-0.25, -0.2) is 0 Å². The van der Waals surface area contributed by atoms with E-state index in [9.17, 15) is 9.59 Å². The Hall–Kier alpha value is -2.57. The average Bonchev–Trinajstić information content (AvgIpc) is 2.67. The Morgan fingerprint density at radius 1 is 1.26 bits per heavy atom. The van der Waals surface area contributed by atoms with Gasteiger partial charge in [0.25, 0.3) is 5.91 Å². The van der Waals surface area contributed by atoms with E-state index in [2.05, 4.69) is 5.32 Å². The zero-order valence-electron chi connectivity index (χ0n) is 15.4. The molecule has 6 nitrogen and oxygen atoms in total. The molecule has 0 saturated carbocycles. The molecular weight excluding hydrogens is 366 g/mol. The van der Waals surface area contributed by atoms with E-state index >= 15 is 0 Å². The van der Waals surface area contributed by atoms with Crippen molar-refractivity contribution < 1.29 is 19.2 Å². The summed E-state index contributed by atoms with van der Waals surface area (Å²) in [5.74, 6) is 0.479. The average molecular weight is 389 g/mol. The third kappa shape index (κ3) is 4.59. The van der Waals surface area contributed by atoms with E-state index in [1.165, 1.54) is 0 Å². The number of hydrogen-bond acceptors (Lipinski definition) is 3. The summed E-state index contributed by atoms with van der Waals surface area (Å²) in [6.07, 6.45) is 0. The van der Waals surface area contributed by atoms with Crippen LogP contribution in [0.3, 0.4) is 0 Å². The Morgan fingerprint density at radius 2 is 1.96 bits per heavy atom. The first-order valence-electron chi connectivity index (χ1n) is 8.86. The van der Waals surface area contributed by atoms with Crippen molar-refractivity contribution in [3.63, 3.8) is 0 Å². The first-order chi connectivity index (χ1) is 13.0. The van der Waals surface area contributed by atoms with Crippen LogP contribution < -0.4 is 19.9 Å².